The highest BCUT2D eigenvalue weighted by Crippen LogP contribution is 2.35. The van der Waals surface area contributed by atoms with Gasteiger partial charge in [0.1, 0.15) is 4.90 Å². The van der Waals surface area contributed by atoms with E-state index in [1.54, 1.807) is 0 Å². The summed E-state index contributed by atoms with van der Waals surface area (Å²) >= 11 is 17.4. The lowest BCUT2D eigenvalue weighted by atomic mass is 10.2. The molecule has 0 unspecified atom stereocenters. The van der Waals surface area contributed by atoms with Crippen LogP contribution in [0.3, 0.4) is 0 Å². The molecule has 0 amide bonds. The van der Waals surface area contributed by atoms with E-state index in [9.17, 15) is 18.3 Å². The Balaban J connectivity index is 2.50. The molecule has 0 spiro atoms. The second-order valence-electron chi connectivity index (χ2n) is 4.29. The van der Waals surface area contributed by atoms with Crippen LogP contribution in [-0.2, 0) is 14.8 Å². The normalized spacial score (nSPS) is 20.2. The van der Waals surface area contributed by atoms with Crippen LogP contribution in [0, 0.1) is 0 Å². The van der Waals surface area contributed by atoms with Crippen LogP contribution in [-0.4, -0.2) is 31.3 Å². The van der Waals surface area contributed by atoms with Gasteiger partial charge in [0.25, 0.3) is 0 Å². The third-order valence-corrected chi connectivity index (χ3v) is 6.13. The molecule has 1 atom stereocenters. The van der Waals surface area contributed by atoms with Crippen LogP contribution in [0.15, 0.2) is 17.0 Å². The highest BCUT2D eigenvalue weighted by Gasteiger charge is 2.37. The SMILES string of the molecule is O=C([O-])[C@@H]1CCCN1S(=O)(=O)c1cc(Cl)c(Cl)cc1Cl. The number of nitrogens with zero attached hydrogens (tertiary/aromatic N) is 1. The molecule has 1 aliphatic rings. The minimum absolute atomic E-state index is 0.0267. The zero-order chi connectivity index (χ0) is 15.1. The lowest BCUT2D eigenvalue weighted by Gasteiger charge is -2.25. The molecule has 0 radical (unpaired) electrons. The largest absolute Gasteiger partial charge is 0.548 e. The first-order valence-electron chi connectivity index (χ1n) is 5.62. The van der Waals surface area contributed by atoms with Gasteiger partial charge in [-0.3, -0.25) is 0 Å². The number of aliphatic carboxylic acids is 1. The molecule has 1 fully saturated rings. The number of sulfonamides is 1. The Morgan fingerprint density at radius 1 is 1.20 bits per heavy atom. The van der Waals surface area contributed by atoms with Gasteiger partial charge in [-0.05, 0) is 25.0 Å². The number of carboxylic acids is 1. The van der Waals surface area contributed by atoms with Gasteiger partial charge in [-0.25, -0.2) is 8.42 Å². The molecule has 20 heavy (non-hydrogen) atoms. The van der Waals surface area contributed by atoms with E-state index < -0.39 is 22.0 Å². The highest BCUT2D eigenvalue weighted by atomic mass is 35.5. The molecule has 1 aliphatic heterocycles. The van der Waals surface area contributed by atoms with Gasteiger partial charge in [0.15, 0.2) is 0 Å². The maximum absolute atomic E-state index is 12.5. The van der Waals surface area contributed by atoms with E-state index in [1.807, 2.05) is 0 Å². The van der Waals surface area contributed by atoms with E-state index in [0.29, 0.717) is 6.42 Å². The van der Waals surface area contributed by atoms with Crippen molar-refractivity contribution in [2.45, 2.75) is 23.8 Å². The number of rotatable bonds is 3. The first-order chi connectivity index (χ1) is 9.25. The Hall–Kier alpha value is -0.530. The average Bonchev–Trinajstić information content (AvgIpc) is 2.83. The summed E-state index contributed by atoms with van der Waals surface area (Å²) in [5, 5.41) is 11.0. The zero-order valence-corrected chi connectivity index (χ0v) is 13.1. The van der Waals surface area contributed by atoms with Gasteiger partial charge in [0.05, 0.1) is 27.1 Å². The number of carbonyl (C=O) groups excluding carboxylic acids is 1. The molecule has 1 heterocycles. The number of hydrogen-bond acceptors (Lipinski definition) is 4. The van der Waals surface area contributed by atoms with Crippen molar-refractivity contribution in [2.75, 3.05) is 6.54 Å². The summed E-state index contributed by atoms with van der Waals surface area (Å²) in [4.78, 5) is 10.7. The van der Waals surface area contributed by atoms with Gasteiger partial charge in [0, 0.05) is 6.54 Å². The van der Waals surface area contributed by atoms with Crippen LogP contribution in [0.25, 0.3) is 0 Å². The van der Waals surface area contributed by atoms with Crippen molar-refractivity contribution in [3.63, 3.8) is 0 Å². The molecule has 0 bridgehead atoms. The number of carbonyl (C=O) groups is 1. The number of hydrogen-bond donors (Lipinski definition) is 0. The Labute approximate surface area is 131 Å². The number of benzene rings is 1. The van der Waals surface area contributed by atoms with Crippen LogP contribution in [0.2, 0.25) is 15.1 Å². The second-order valence-corrected chi connectivity index (χ2v) is 7.37. The van der Waals surface area contributed by atoms with E-state index in [-0.39, 0.29) is 32.9 Å². The van der Waals surface area contributed by atoms with Gasteiger partial charge in [-0.1, -0.05) is 34.8 Å². The number of halogens is 3. The first kappa shape index (κ1) is 15.9. The Kier molecular flexibility index (Phi) is 4.51. The Morgan fingerprint density at radius 2 is 1.80 bits per heavy atom. The van der Waals surface area contributed by atoms with Crippen LogP contribution in [0.5, 0.6) is 0 Å². The van der Waals surface area contributed by atoms with Gasteiger partial charge < -0.3 is 9.90 Å². The van der Waals surface area contributed by atoms with Crippen molar-refractivity contribution >= 4 is 50.8 Å². The quantitative estimate of drug-likeness (QED) is 0.769. The van der Waals surface area contributed by atoms with E-state index in [4.69, 9.17) is 34.8 Å². The molecule has 1 saturated heterocycles. The van der Waals surface area contributed by atoms with E-state index >= 15 is 0 Å². The molecule has 0 saturated carbocycles. The average molecular weight is 358 g/mol. The highest BCUT2D eigenvalue weighted by molar-refractivity contribution is 7.89. The first-order valence-corrected chi connectivity index (χ1v) is 8.20. The summed E-state index contributed by atoms with van der Waals surface area (Å²) in [6.45, 7) is 0.0948. The summed E-state index contributed by atoms with van der Waals surface area (Å²) in [5.74, 6) is -1.43. The predicted octanol–water partition coefficient (Wildman–Crippen LogP) is 1.55. The Morgan fingerprint density at radius 3 is 2.40 bits per heavy atom. The third-order valence-electron chi connectivity index (χ3n) is 3.04. The van der Waals surface area contributed by atoms with E-state index in [2.05, 4.69) is 0 Å². The lowest BCUT2D eigenvalue weighted by molar-refractivity contribution is -0.309. The topological polar surface area (TPSA) is 77.5 Å². The summed E-state index contributed by atoms with van der Waals surface area (Å²) in [6, 6.07) is 1.14. The molecule has 0 aliphatic carbocycles. The summed E-state index contributed by atoms with van der Waals surface area (Å²) < 4.78 is 25.8. The van der Waals surface area contributed by atoms with Gasteiger partial charge >= 0.3 is 0 Å². The molecule has 1 aromatic rings. The minimum Gasteiger partial charge on any atom is -0.548 e. The molecule has 9 heteroatoms. The van der Waals surface area contributed by atoms with Crippen molar-refractivity contribution in [1.29, 1.82) is 0 Å². The van der Waals surface area contributed by atoms with Crippen molar-refractivity contribution < 1.29 is 18.3 Å². The van der Waals surface area contributed by atoms with Gasteiger partial charge in [-0.15, -0.1) is 0 Å². The van der Waals surface area contributed by atoms with Gasteiger partial charge in [0.2, 0.25) is 10.0 Å². The van der Waals surface area contributed by atoms with Crippen LogP contribution >= 0.6 is 34.8 Å². The fraction of sp³-hybridized carbons (Fsp3) is 0.364. The maximum atomic E-state index is 12.5. The summed E-state index contributed by atoms with van der Waals surface area (Å²) in [7, 11) is -4.07. The molecule has 0 N–H and O–H groups in total. The van der Waals surface area contributed by atoms with Crippen LogP contribution in [0.4, 0.5) is 0 Å². The molecular formula is C11H9Cl3NO4S-. The molecule has 1 aromatic carbocycles. The third kappa shape index (κ3) is 2.76. The van der Waals surface area contributed by atoms with Crippen molar-refractivity contribution in [3.8, 4) is 0 Å². The molecular weight excluding hydrogens is 349 g/mol. The second kappa shape index (κ2) is 5.69. The number of carboxylic acid groups (broad SMARTS) is 1. The fourth-order valence-corrected chi connectivity index (χ4v) is 4.72. The zero-order valence-electron chi connectivity index (χ0n) is 9.98. The minimum atomic E-state index is -4.07. The van der Waals surface area contributed by atoms with E-state index in [0.717, 1.165) is 10.4 Å². The van der Waals surface area contributed by atoms with Crippen LogP contribution < -0.4 is 5.11 Å². The molecule has 110 valence electrons. The standard InChI is InChI=1S/C11H10Cl3NO4S/c12-6-4-8(14)10(5-7(6)13)20(18,19)15-3-1-2-9(15)11(16)17/h4-5,9H,1-3H2,(H,16,17)/p-1/t9-/m0/s1. The molecule has 2 rings (SSSR count). The van der Waals surface area contributed by atoms with Crippen molar-refractivity contribution in [3.05, 3.63) is 27.2 Å². The molecule has 5 nitrogen and oxygen atoms in total. The van der Waals surface area contributed by atoms with Crippen LogP contribution in [0.1, 0.15) is 12.8 Å². The smallest absolute Gasteiger partial charge is 0.245 e. The fourth-order valence-electron chi connectivity index (χ4n) is 2.09. The van der Waals surface area contributed by atoms with E-state index in [1.165, 1.54) is 6.07 Å². The summed E-state index contributed by atoms with van der Waals surface area (Å²) in [6.07, 6.45) is 0.650. The lowest BCUT2D eigenvalue weighted by Crippen LogP contribution is -2.46. The van der Waals surface area contributed by atoms with Crippen molar-refractivity contribution in [2.24, 2.45) is 0 Å². The Bertz CT molecular complexity index is 662. The van der Waals surface area contributed by atoms with Gasteiger partial charge in [-0.2, -0.15) is 4.31 Å². The summed E-state index contributed by atoms with van der Waals surface area (Å²) in [5.41, 5.74) is 0. The monoisotopic (exact) mass is 356 g/mol. The maximum Gasteiger partial charge on any atom is 0.245 e. The van der Waals surface area contributed by atoms with Crippen molar-refractivity contribution in [1.82, 2.24) is 4.31 Å². The predicted molar refractivity (Wildman–Crippen MR) is 73.4 cm³/mol. The molecule has 0 aromatic heterocycles.